The highest BCUT2D eigenvalue weighted by Crippen LogP contribution is 2.26. The van der Waals surface area contributed by atoms with Crippen molar-refractivity contribution in [3.05, 3.63) is 41.5 Å². The van der Waals surface area contributed by atoms with E-state index in [1.54, 1.807) is 11.3 Å². The molecule has 0 aliphatic heterocycles. The lowest BCUT2D eigenvalue weighted by molar-refractivity contribution is 1.16. The molecule has 0 aliphatic carbocycles. The Morgan fingerprint density at radius 1 is 1.31 bits per heavy atom. The van der Waals surface area contributed by atoms with Crippen LogP contribution in [0.2, 0.25) is 0 Å². The van der Waals surface area contributed by atoms with Crippen molar-refractivity contribution in [3.8, 4) is 10.4 Å². The summed E-state index contributed by atoms with van der Waals surface area (Å²) < 4.78 is 0. The van der Waals surface area contributed by atoms with E-state index >= 15 is 0 Å². The van der Waals surface area contributed by atoms with Crippen molar-refractivity contribution >= 4 is 11.3 Å². The van der Waals surface area contributed by atoms with Gasteiger partial charge in [-0.05, 0) is 41.1 Å². The van der Waals surface area contributed by atoms with Crippen LogP contribution < -0.4 is 0 Å². The smallest absolute Gasteiger partial charge is 0.0346 e. The van der Waals surface area contributed by atoms with E-state index in [0.29, 0.717) is 0 Å². The maximum atomic E-state index is 4.00. The molecule has 66 valence electrons. The van der Waals surface area contributed by atoms with E-state index in [9.17, 15) is 0 Å². The summed E-state index contributed by atoms with van der Waals surface area (Å²) >= 11 is 1.80. The fraction of sp³-hybridized carbons (Fsp3) is 0.182. The molecule has 13 heavy (non-hydrogen) atoms. The van der Waals surface area contributed by atoms with Gasteiger partial charge in [0.2, 0.25) is 0 Å². The highest BCUT2D eigenvalue weighted by Gasteiger charge is 1.99. The van der Waals surface area contributed by atoms with Gasteiger partial charge in [0.15, 0.2) is 0 Å². The van der Waals surface area contributed by atoms with Gasteiger partial charge in [-0.1, -0.05) is 6.92 Å². The number of rotatable bonds is 2. The van der Waals surface area contributed by atoms with Gasteiger partial charge < -0.3 is 0 Å². The first kappa shape index (κ1) is 8.45. The minimum absolute atomic E-state index is 1.11. The average Bonchev–Trinajstić information content (AvgIpc) is 2.67. The highest BCUT2D eigenvalue weighted by molar-refractivity contribution is 7.13. The molecule has 0 saturated heterocycles. The van der Waals surface area contributed by atoms with Crippen molar-refractivity contribution in [2.75, 3.05) is 0 Å². The lowest BCUT2D eigenvalue weighted by Crippen LogP contribution is -1.73. The highest BCUT2D eigenvalue weighted by atomic mass is 32.1. The zero-order chi connectivity index (χ0) is 9.10. The Balaban J connectivity index is 2.36. The Bertz CT molecular complexity index is 378. The minimum atomic E-state index is 1.11. The summed E-state index contributed by atoms with van der Waals surface area (Å²) in [7, 11) is 0. The Hall–Kier alpha value is -1.15. The topological polar surface area (TPSA) is 12.9 Å². The molecule has 0 amide bonds. The molecular formula is C11H11NS. The van der Waals surface area contributed by atoms with Gasteiger partial charge >= 0.3 is 0 Å². The van der Waals surface area contributed by atoms with Crippen LogP contribution in [0.3, 0.4) is 0 Å². The van der Waals surface area contributed by atoms with Crippen LogP contribution in [0.5, 0.6) is 0 Å². The lowest BCUT2D eigenvalue weighted by Gasteiger charge is -1.93. The number of pyridine rings is 1. The summed E-state index contributed by atoms with van der Waals surface area (Å²) in [5.41, 5.74) is 2.68. The van der Waals surface area contributed by atoms with Crippen LogP contribution in [0.4, 0.5) is 0 Å². The van der Waals surface area contributed by atoms with Gasteiger partial charge in [-0.3, -0.25) is 4.98 Å². The minimum Gasteiger partial charge on any atom is -0.265 e. The van der Waals surface area contributed by atoms with Gasteiger partial charge in [0.1, 0.15) is 0 Å². The van der Waals surface area contributed by atoms with Crippen molar-refractivity contribution in [3.63, 3.8) is 0 Å². The van der Waals surface area contributed by atoms with Crippen molar-refractivity contribution < 1.29 is 0 Å². The molecular weight excluding hydrogens is 178 g/mol. The average molecular weight is 189 g/mol. The molecule has 2 rings (SSSR count). The summed E-state index contributed by atoms with van der Waals surface area (Å²) in [6.07, 6.45) is 4.78. The third-order valence-electron chi connectivity index (χ3n) is 2.03. The first-order valence-corrected chi connectivity index (χ1v) is 5.26. The van der Waals surface area contributed by atoms with Crippen molar-refractivity contribution in [1.82, 2.24) is 4.98 Å². The summed E-state index contributed by atoms with van der Waals surface area (Å²) in [5, 5.41) is 2.22. The van der Waals surface area contributed by atoms with Gasteiger partial charge in [0, 0.05) is 17.3 Å². The number of aryl methyl sites for hydroxylation is 1. The Morgan fingerprint density at radius 3 is 2.69 bits per heavy atom. The van der Waals surface area contributed by atoms with Gasteiger partial charge in [-0.25, -0.2) is 0 Å². The fourth-order valence-corrected chi connectivity index (χ4v) is 2.23. The normalized spacial score (nSPS) is 10.2. The first-order valence-electron chi connectivity index (χ1n) is 4.38. The Morgan fingerprint density at radius 2 is 2.08 bits per heavy atom. The molecule has 2 heteroatoms. The molecule has 0 saturated carbocycles. The molecule has 0 radical (unpaired) electrons. The number of hydrogen-bond acceptors (Lipinski definition) is 2. The third kappa shape index (κ3) is 1.78. The van der Waals surface area contributed by atoms with Crippen LogP contribution >= 0.6 is 11.3 Å². The van der Waals surface area contributed by atoms with Crippen LogP contribution in [-0.2, 0) is 6.42 Å². The number of hydrogen-bond donors (Lipinski definition) is 0. The van der Waals surface area contributed by atoms with E-state index in [4.69, 9.17) is 0 Å². The van der Waals surface area contributed by atoms with Crippen LogP contribution in [0.25, 0.3) is 10.4 Å². The van der Waals surface area contributed by atoms with Crippen LogP contribution in [0.1, 0.15) is 12.5 Å². The van der Waals surface area contributed by atoms with Gasteiger partial charge in [-0.15, -0.1) is 11.3 Å². The van der Waals surface area contributed by atoms with E-state index in [-0.39, 0.29) is 0 Å². The van der Waals surface area contributed by atoms with Gasteiger partial charge in [0.05, 0.1) is 0 Å². The largest absolute Gasteiger partial charge is 0.265 e. The maximum Gasteiger partial charge on any atom is 0.0346 e. The molecule has 2 heterocycles. The molecule has 0 fully saturated rings. The molecule has 0 unspecified atom stereocenters. The summed E-state index contributed by atoms with van der Waals surface area (Å²) in [6.45, 7) is 2.18. The number of nitrogens with zero attached hydrogens (tertiary/aromatic N) is 1. The quantitative estimate of drug-likeness (QED) is 0.705. The first-order chi connectivity index (χ1) is 6.40. The molecule has 0 atom stereocenters. The van der Waals surface area contributed by atoms with Crippen molar-refractivity contribution in [2.45, 2.75) is 13.3 Å². The summed E-state index contributed by atoms with van der Waals surface area (Å²) in [6, 6.07) is 6.34. The standard InChI is InChI=1S/C11H11NS/c1-2-9-7-11(13-8-9)10-3-5-12-6-4-10/h3-8H,2H2,1H3. The Kier molecular flexibility index (Phi) is 2.41. The lowest BCUT2D eigenvalue weighted by atomic mass is 10.2. The van der Waals surface area contributed by atoms with Crippen LogP contribution in [-0.4, -0.2) is 4.98 Å². The predicted octanol–water partition coefficient (Wildman–Crippen LogP) is 3.37. The molecule has 0 aliphatic rings. The molecule has 0 N–H and O–H groups in total. The zero-order valence-electron chi connectivity index (χ0n) is 7.53. The van der Waals surface area contributed by atoms with Crippen molar-refractivity contribution in [1.29, 1.82) is 0 Å². The predicted molar refractivity (Wildman–Crippen MR) is 56.9 cm³/mol. The van der Waals surface area contributed by atoms with E-state index < -0.39 is 0 Å². The van der Waals surface area contributed by atoms with Gasteiger partial charge in [0.25, 0.3) is 0 Å². The third-order valence-corrected chi connectivity index (χ3v) is 3.05. The van der Waals surface area contributed by atoms with Crippen molar-refractivity contribution in [2.24, 2.45) is 0 Å². The van der Waals surface area contributed by atoms with Crippen LogP contribution in [0, 0.1) is 0 Å². The zero-order valence-corrected chi connectivity index (χ0v) is 8.34. The van der Waals surface area contributed by atoms with E-state index in [1.165, 1.54) is 16.0 Å². The maximum absolute atomic E-state index is 4.00. The second-order valence-electron chi connectivity index (χ2n) is 2.91. The van der Waals surface area contributed by atoms with E-state index in [2.05, 4.69) is 23.4 Å². The van der Waals surface area contributed by atoms with Gasteiger partial charge in [-0.2, -0.15) is 0 Å². The van der Waals surface area contributed by atoms with E-state index in [0.717, 1.165) is 6.42 Å². The molecule has 0 aromatic carbocycles. The summed E-state index contributed by atoms with van der Waals surface area (Å²) in [5.74, 6) is 0. The monoisotopic (exact) mass is 189 g/mol. The second-order valence-corrected chi connectivity index (χ2v) is 3.82. The SMILES string of the molecule is CCc1csc(-c2ccncc2)c1. The number of aromatic nitrogens is 1. The molecule has 2 aromatic rings. The summed E-state index contributed by atoms with van der Waals surface area (Å²) in [4.78, 5) is 5.34. The molecule has 0 bridgehead atoms. The molecule has 1 nitrogen and oxygen atoms in total. The number of thiophene rings is 1. The van der Waals surface area contributed by atoms with E-state index in [1.807, 2.05) is 24.5 Å². The molecule has 0 spiro atoms. The Labute approximate surface area is 82.1 Å². The fourth-order valence-electron chi connectivity index (χ4n) is 1.23. The second kappa shape index (κ2) is 3.71. The molecule has 2 aromatic heterocycles. The van der Waals surface area contributed by atoms with Crippen LogP contribution in [0.15, 0.2) is 36.0 Å².